The summed E-state index contributed by atoms with van der Waals surface area (Å²) in [6.45, 7) is 1.92. The zero-order valence-electron chi connectivity index (χ0n) is 14.4. The Bertz CT molecular complexity index is 959. The molecule has 0 aliphatic carbocycles. The van der Waals surface area contributed by atoms with Crippen LogP contribution in [0, 0.1) is 0 Å². The SMILES string of the molecule is O=c1cc(-c2ccccc2)c2ccc(O)c(CNCC3CCCO3)c2o1. The highest BCUT2D eigenvalue weighted by molar-refractivity contribution is 5.95. The Morgan fingerprint density at radius 3 is 2.77 bits per heavy atom. The van der Waals surface area contributed by atoms with Crippen molar-refractivity contribution in [1.82, 2.24) is 5.32 Å². The topological polar surface area (TPSA) is 71.7 Å². The second kappa shape index (κ2) is 7.32. The van der Waals surface area contributed by atoms with E-state index in [1.165, 1.54) is 6.07 Å². The van der Waals surface area contributed by atoms with Crippen molar-refractivity contribution in [2.45, 2.75) is 25.5 Å². The minimum Gasteiger partial charge on any atom is -0.507 e. The van der Waals surface area contributed by atoms with Crippen molar-refractivity contribution in [3.8, 4) is 16.9 Å². The van der Waals surface area contributed by atoms with E-state index < -0.39 is 5.63 Å². The summed E-state index contributed by atoms with van der Waals surface area (Å²) < 4.78 is 11.1. The van der Waals surface area contributed by atoms with Gasteiger partial charge in [0.05, 0.1) is 11.7 Å². The van der Waals surface area contributed by atoms with Crippen LogP contribution in [-0.4, -0.2) is 24.4 Å². The highest BCUT2D eigenvalue weighted by Gasteiger charge is 2.17. The number of ether oxygens (including phenoxy) is 1. The molecule has 2 N–H and O–H groups in total. The first-order chi connectivity index (χ1) is 12.7. The number of hydrogen-bond donors (Lipinski definition) is 2. The lowest BCUT2D eigenvalue weighted by Gasteiger charge is -2.14. The molecule has 0 radical (unpaired) electrons. The fraction of sp³-hybridized carbons (Fsp3) is 0.286. The molecule has 0 amide bonds. The van der Waals surface area contributed by atoms with Gasteiger partial charge < -0.3 is 19.6 Å². The van der Waals surface area contributed by atoms with Gasteiger partial charge in [-0.2, -0.15) is 0 Å². The number of aromatic hydroxyl groups is 1. The third kappa shape index (κ3) is 3.36. The molecule has 1 atom stereocenters. The lowest BCUT2D eigenvalue weighted by molar-refractivity contribution is 0.110. The molecule has 0 saturated carbocycles. The quantitative estimate of drug-likeness (QED) is 0.689. The molecule has 2 heterocycles. The predicted molar refractivity (Wildman–Crippen MR) is 100 cm³/mol. The minimum atomic E-state index is -0.428. The van der Waals surface area contributed by atoms with Crippen LogP contribution in [0.15, 0.2) is 57.7 Å². The number of nitrogens with one attached hydrogen (secondary N) is 1. The van der Waals surface area contributed by atoms with Crippen molar-refractivity contribution in [3.05, 3.63) is 64.5 Å². The molecule has 0 spiro atoms. The summed E-state index contributed by atoms with van der Waals surface area (Å²) in [6.07, 6.45) is 2.34. The average Bonchev–Trinajstić information content (AvgIpc) is 3.17. The van der Waals surface area contributed by atoms with Crippen LogP contribution in [0.4, 0.5) is 0 Å². The summed E-state index contributed by atoms with van der Waals surface area (Å²) in [6, 6.07) is 14.6. The standard InChI is InChI=1S/C21H21NO4/c23-19-9-8-16-17(14-5-2-1-3-6-14)11-20(24)26-21(16)18(19)13-22-12-15-7-4-10-25-15/h1-3,5-6,8-9,11,15,22-23H,4,7,10,12-13H2. The largest absolute Gasteiger partial charge is 0.507 e. The van der Waals surface area contributed by atoms with Gasteiger partial charge in [0.2, 0.25) is 0 Å². The van der Waals surface area contributed by atoms with E-state index in [4.69, 9.17) is 9.15 Å². The number of hydrogen-bond acceptors (Lipinski definition) is 5. The van der Waals surface area contributed by atoms with Crippen LogP contribution >= 0.6 is 0 Å². The van der Waals surface area contributed by atoms with Gasteiger partial charge in [0.15, 0.2) is 0 Å². The first-order valence-electron chi connectivity index (χ1n) is 8.89. The third-order valence-electron chi connectivity index (χ3n) is 4.77. The van der Waals surface area contributed by atoms with Crippen molar-refractivity contribution >= 4 is 11.0 Å². The van der Waals surface area contributed by atoms with Crippen molar-refractivity contribution in [1.29, 1.82) is 0 Å². The highest BCUT2D eigenvalue weighted by atomic mass is 16.5. The molecular weight excluding hydrogens is 330 g/mol. The average molecular weight is 351 g/mol. The Morgan fingerprint density at radius 1 is 1.15 bits per heavy atom. The smallest absolute Gasteiger partial charge is 0.336 e. The molecule has 4 rings (SSSR count). The Balaban J connectivity index is 1.72. The molecule has 1 aliphatic rings. The number of fused-ring (bicyclic) bond motifs is 1. The Labute approximate surface area is 151 Å². The van der Waals surface area contributed by atoms with E-state index in [-0.39, 0.29) is 11.9 Å². The van der Waals surface area contributed by atoms with Crippen LogP contribution in [-0.2, 0) is 11.3 Å². The predicted octanol–water partition coefficient (Wildman–Crippen LogP) is 3.43. The van der Waals surface area contributed by atoms with Crippen molar-refractivity contribution in [3.63, 3.8) is 0 Å². The summed E-state index contributed by atoms with van der Waals surface area (Å²) in [5.74, 6) is 0.116. The third-order valence-corrected chi connectivity index (χ3v) is 4.77. The van der Waals surface area contributed by atoms with Gasteiger partial charge >= 0.3 is 5.63 Å². The van der Waals surface area contributed by atoms with Crippen LogP contribution in [0.2, 0.25) is 0 Å². The molecule has 1 fully saturated rings. The summed E-state index contributed by atoms with van der Waals surface area (Å²) in [4.78, 5) is 12.1. The van der Waals surface area contributed by atoms with Crippen molar-refractivity contribution in [2.75, 3.05) is 13.2 Å². The van der Waals surface area contributed by atoms with Gasteiger partial charge in [-0.15, -0.1) is 0 Å². The lowest BCUT2D eigenvalue weighted by Crippen LogP contribution is -2.26. The Hall–Kier alpha value is -2.63. The van der Waals surface area contributed by atoms with E-state index in [0.717, 1.165) is 36.0 Å². The zero-order valence-corrected chi connectivity index (χ0v) is 14.4. The molecule has 3 aromatic rings. The first kappa shape index (κ1) is 16.8. The maximum absolute atomic E-state index is 12.1. The van der Waals surface area contributed by atoms with Gasteiger partial charge in [0, 0.05) is 31.1 Å². The summed E-state index contributed by atoms with van der Waals surface area (Å²) in [5, 5.41) is 14.4. The molecule has 134 valence electrons. The van der Waals surface area contributed by atoms with Crippen molar-refractivity contribution < 1.29 is 14.3 Å². The number of rotatable bonds is 5. The van der Waals surface area contributed by atoms with E-state index >= 15 is 0 Å². The second-order valence-electron chi connectivity index (χ2n) is 6.55. The van der Waals surface area contributed by atoms with Crippen LogP contribution in [0.25, 0.3) is 22.1 Å². The monoisotopic (exact) mass is 351 g/mol. The van der Waals surface area contributed by atoms with Gasteiger partial charge in [-0.1, -0.05) is 30.3 Å². The summed E-state index contributed by atoms with van der Waals surface area (Å²) in [5.41, 5.74) is 2.33. The van der Waals surface area contributed by atoms with Gasteiger partial charge in [-0.05, 0) is 36.1 Å². The van der Waals surface area contributed by atoms with E-state index in [2.05, 4.69) is 5.32 Å². The number of benzene rings is 2. The van der Waals surface area contributed by atoms with E-state index in [9.17, 15) is 9.90 Å². The van der Waals surface area contributed by atoms with Gasteiger partial charge in [0.25, 0.3) is 0 Å². The molecule has 1 aliphatic heterocycles. The van der Waals surface area contributed by atoms with Crippen LogP contribution in [0.1, 0.15) is 18.4 Å². The zero-order chi connectivity index (χ0) is 17.9. The number of phenolic OH excluding ortho intramolecular Hbond substituents is 1. The maximum Gasteiger partial charge on any atom is 0.336 e. The van der Waals surface area contributed by atoms with Gasteiger partial charge in [0.1, 0.15) is 11.3 Å². The van der Waals surface area contributed by atoms with Crippen LogP contribution < -0.4 is 10.9 Å². The Morgan fingerprint density at radius 2 is 2.00 bits per heavy atom. The summed E-state index contributed by atoms with van der Waals surface area (Å²) in [7, 11) is 0. The first-order valence-corrected chi connectivity index (χ1v) is 8.89. The molecule has 1 saturated heterocycles. The molecule has 5 heteroatoms. The lowest BCUT2D eigenvalue weighted by atomic mass is 9.99. The normalized spacial score (nSPS) is 17.0. The molecule has 2 aromatic carbocycles. The fourth-order valence-electron chi connectivity index (χ4n) is 3.46. The van der Waals surface area contributed by atoms with E-state index in [0.29, 0.717) is 24.2 Å². The Kier molecular flexibility index (Phi) is 4.73. The van der Waals surface area contributed by atoms with Crippen LogP contribution in [0.5, 0.6) is 5.75 Å². The summed E-state index contributed by atoms with van der Waals surface area (Å²) >= 11 is 0. The number of phenols is 1. The minimum absolute atomic E-state index is 0.116. The molecule has 1 aromatic heterocycles. The molecular formula is C21H21NO4. The van der Waals surface area contributed by atoms with E-state index in [1.54, 1.807) is 12.1 Å². The van der Waals surface area contributed by atoms with Crippen LogP contribution in [0.3, 0.4) is 0 Å². The second-order valence-corrected chi connectivity index (χ2v) is 6.55. The van der Waals surface area contributed by atoms with Gasteiger partial charge in [-0.25, -0.2) is 4.79 Å². The van der Waals surface area contributed by atoms with E-state index in [1.807, 2.05) is 30.3 Å². The van der Waals surface area contributed by atoms with Crippen molar-refractivity contribution in [2.24, 2.45) is 0 Å². The molecule has 1 unspecified atom stereocenters. The maximum atomic E-state index is 12.1. The van der Waals surface area contributed by atoms with Gasteiger partial charge in [-0.3, -0.25) is 0 Å². The molecule has 0 bridgehead atoms. The molecule has 5 nitrogen and oxygen atoms in total. The highest BCUT2D eigenvalue weighted by Crippen LogP contribution is 2.33. The fourth-order valence-corrected chi connectivity index (χ4v) is 3.46. The molecule has 26 heavy (non-hydrogen) atoms.